The van der Waals surface area contributed by atoms with Gasteiger partial charge in [-0.3, -0.25) is 9.59 Å². The Kier molecular flexibility index (Phi) is 3.91. The van der Waals surface area contributed by atoms with Gasteiger partial charge in [0.25, 0.3) is 11.8 Å². The zero-order valence-electron chi connectivity index (χ0n) is 16.2. The molecule has 0 fully saturated rings. The summed E-state index contributed by atoms with van der Waals surface area (Å²) in [4.78, 5) is 33.0. The quantitative estimate of drug-likeness (QED) is 0.383. The second-order valence-corrected chi connectivity index (χ2v) is 8.56. The van der Waals surface area contributed by atoms with Gasteiger partial charge in [-0.25, -0.2) is 4.98 Å². The van der Waals surface area contributed by atoms with Crippen molar-refractivity contribution >= 4 is 50.0 Å². The van der Waals surface area contributed by atoms with E-state index in [0.717, 1.165) is 37.8 Å². The Bertz CT molecular complexity index is 1510. The molecule has 0 atom stereocenters. The Balaban J connectivity index is 1.35. The standard InChI is InChI=1S/C24H16N4O2S/c29-23-18-9-16(5-4-14(18)11-27-23)28-24(30)21-10-19-17(2-1-3-20(19)31-21)15-8-13-6-7-25-22(13)26-12-15/h1-10,12H,11H2,(H,25,26)(H,27,29)(H,28,30). The Morgan fingerprint density at radius 1 is 1.06 bits per heavy atom. The first-order valence-electron chi connectivity index (χ1n) is 9.84. The molecule has 6 rings (SSSR count). The van der Waals surface area contributed by atoms with Crippen LogP contribution >= 0.6 is 11.3 Å². The topological polar surface area (TPSA) is 86.9 Å². The molecule has 0 saturated heterocycles. The van der Waals surface area contributed by atoms with Gasteiger partial charge < -0.3 is 15.6 Å². The number of hydrogen-bond acceptors (Lipinski definition) is 4. The van der Waals surface area contributed by atoms with E-state index in [1.54, 1.807) is 6.07 Å². The van der Waals surface area contributed by atoms with Crippen LogP contribution in [-0.4, -0.2) is 21.8 Å². The maximum atomic E-state index is 12.9. The lowest BCUT2D eigenvalue weighted by Crippen LogP contribution is -2.13. The van der Waals surface area contributed by atoms with E-state index < -0.39 is 0 Å². The molecule has 0 radical (unpaired) electrons. The number of nitrogens with zero attached hydrogens (tertiary/aromatic N) is 1. The smallest absolute Gasteiger partial charge is 0.265 e. The minimum atomic E-state index is -0.190. The molecule has 1 aliphatic heterocycles. The van der Waals surface area contributed by atoms with Crippen molar-refractivity contribution in [2.75, 3.05) is 5.32 Å². The Morgan fingerprint density at radius 3 is 2.94 bits per heavy atom. The first-order chi connectivity index (χ1) is 15.2. The number of aromatic nitrogens is 2. The summed E-state index contributed by atoms with van der Waals surface area (Å²) in [5, 5.41) is 7.77. The molecule has 150 valence electrons. The molecule has 6 nitrogen and oxygen atoms in total. The SMILES string of the molecule is O=C(Nc1ccc2c(c1)C(=O)NC2)c1cc2c(-c3cnc4[nH]ccc4c3)cccc2s1. The zero-order valence-corrected chi connectivity index (χ0v) is 17.0. The van der Waals surface area contributed by atoms with Crippen molar-refractivity contribution in [1.29, 1.82) is 0 Å². The van der Waals surface area contributed by atoms with Gasteiger partial charge in [-0.15, -0.1) is 11.3 Å². The fourth-order valence-corrected chi connectivity index (χ4v) is 4.98. The zero-order chi connectivity index (χ0) is 20.9. The average molecular weight is 424 g/mol. The van der Waals surface area contributed by atoms with Crippen LogP contribution in [0.5, 0.6) is 0 Å². The molecule has 3 aromatic heterocycles. The third-order valence-electron chi connectivity index (χ3n) is 5.55. The monoisotopic (exact) mass is 424 g/mol. The lowest BCUT2D eigenvalue weighted by atomic mass is 10.0. The summed E-state index contributed by atoms with van der Waals surface area (Å²) in [5.41, 5.74) is 5.07. The van der Waals surface area contributed by atoms with Crippen molar-refractivity contribution in [2.45, 2.75) is 6.54 Å². The minimum Gasteiger partial charge on any atom is -0.348 e. The van der Waals surface area contributed by atoms with Crippen LogP contribution in [0.1, 0.15) is 25.6 Å². The van der Waals surface area contributed by atoms with E-state index in [2.05, 4.69) is 26.7 Å². The first kappa shape index (κ1) is 17.9. The van der Waals surface area contributed by atoms with Gasteiger partial charge in [0.15, 0.2) is 0 Å². The van der Waals surface area contributed by atoms with Crippen LogP contribution in [0.15, 0.2) is 67.0 Å². The van der Waals surface area contributed by atoms with E-state index in [4.69, 9.17) is 0 Å². The molecule has 0 bridgehead atoms. The van der Waals surface area contributed by atoms with E-state index in [-0.39, 0.29) is 11.8 Å². The molecule has 2 amide bonds. The summed E-state index contributed by atoms with van der Waals surface area (Å²) >= 11 is 1.45. The van der Waals surface area contributed by atoms with Gasteiger partial charge in [0.05, 0.1) is 4.88 Å². The third-order valence-corrected chi connectivity index (χ3v) is 6.65. The number of anilines is 1. The van der Waals surface area contributed by atoms with Gasteiger partial charge in [-0.2, -0.15) is 0 Å². The second-order valence-electron chi connectivity index (χ2n) is 7.48. The van der Waals surface area contributed by atoms with Gasteiger partial charge in [-0.1, -0.05) is 18.2 Å². The molecule has 1 aliphatic rings. The normalized spacial score (nSPS) is 12.8. The minimum absolute atomic E-state index is 0.106. The number of benzene rings is 2. The number of thiophene rings is 1. The van der Waals surface area contributed by atoms with E-state index in [0.29, 0.717) is 22.7 Å². The van der Waals surface area contributed by atoms with Gasteiger partial charge in [-0.05, 0) is 47.5 Å². The van der Waals surface area contributed by atoms with Crippen LogP contribution in [0.25, 0.3) is 32.2 Å². The number of nitrogens with one attached hydrogen (secondary N) is 3. The highest BCUT2D eigenvalue weighted by molar-refractivity contribution is 7.21. The second kappa shape index (κ2) is 6.78. The van der Waals surface area contributed by atoms with Crippen molar-refractivity contribution < 1.29 is 9.59 Å². The van der Waals surface area contributed by atoms with Gasteiger partial charge >= 0.3 is 0 Å². The number of fused-ring (bicyclic) bond motifs is 3. The van der Waals surface area contributed by atoms with Crippen molar-refractivity contribution in [3.05, 3.63) is 83.0 Å². The van der Waals surface area contributed by atoms with Crippen LogP contribution in [0.4, 0.5) is 5.69 Å². The van der Waals surface area contributed by atoms with Crippen LogP contribution in [-0.2, 0) is 6.54 Å². The summed E-state index contributed by atoms with van der Waals surface area (Å²) in [6.07, 6.45) is 3.72. The van der Waals surface area contributed by atoms with E-state index in [1.165, 1.54) is 11.3 Å². The van der Waals surface area contributed by atoms with Crippen LogP contribution in [0, 0.1) is 0 Å². The van der Waals surface area contributed by atoms with Crippen molar-refractivity contribution in [3.63, 3.8) is 0 Å². The number of amides is 2. The molecule has 0 spiro atoms. The van der Waals surface area contributed by atoms with E-state index in [9.17, 15) is 9.59 Å². The van der Waals surface area contributed by atoms with Gasteiger partial charge in [0.2, 0.25) is 0 Å². The Morgan fingerprint density at radius 2 is 2.00 bits per heavy atom. The molecule has 0 unspecified atom stereocenters. The Labute approximate surface area is 180 Å². The predicted molar refractivity (Wildman–Crippen MR) is 122 cm³/mol. The molecule has 0 aliphatic carbocycles. The van der Waals surface area contributed by atoms with Crippen molar-refractivity contribution in [3.8, 4) is 11.1 Å². The number of carbonyl (C=O) groups excluding carboxylic acids is 2. The number of rotatable bonds is 3. The largest absolute Gasteiger partial charge is 0.348 e. The number of carbonyl (C=O) groups is 2. The molecular formula is C24H16N4O2S. The average Bonchev–Trinajstić information content (AvgIpc) is 3.51. The van der Waals surface area contributed by atoms with Crippen LogP contribution in [0.3, 0.4) is 0 Å². The van der Waals surface area contributed by atoms with Crippen LogP contribution in [0.2, 0.25) is 0 Å². The number of H-pyrrole nitrogens is 1. The molecule has 31 heavy (non-hydrogen) atoms. The molecule has 7 heteroatoms. The van der Waals surface area contributed by atoms with Crippen molar-refractivity contribution in [1.82, 2.24) is 15.3 Å². The van der Waals surface area contributed by atoms with E-state index >= 15 is 0 Å². The summed E-state index contributed by atoms with van der Waals surface area (Å²) in [5.74, 6) is -0.296. The van der Waals surface area contributed by atoms with E-state index in [1.807, 2.05) is 54.9 Å². The fraction of sp³-hybridized carbons (Fsp3) is 0.0417. The highest BCUT2D eigenvalue weighted by Gasteiger charge is 2.20. The van der Waals surface area contributed by atoms with Gasteiger partial charge in [0.1, 0.15) is 5.65 Å². The summed E-state index contributed by atoms with van der Waals surface area (Å²) < 4.78 is 1.03. The number of pyridine rings is 1. The molecule has 5 aromatic rings. The van der Waals surface area contributed by atoms with Crippen LogP contribution < -0.4 is 10.6 Å². The summed E-state index contributed by atoms with van der Waals surface area (Å²) in [7, 11) is 0. The summed E-state index contributed by atoms with van der Waals surface area (Å²) in [6.45, 7) is 0.533. The highest BCUT2D eigenvalue weighted by Crippen LogP contribution is 2.35. The highest BCUT2D eigenvalue weighted by atomic mass is 32.1. The number of hydrogen-bond donors (Lipinski definition) is 3. The summed E-state index contributed by atoms with van der Waals surface area (Å²) in [6, 6.07) is 17.5. The lowest BCUT2D eigenvalue weighted by molar-refractivity contribution is 0.0964. The Hall–Kier alpha value is -3.97. The first-order valence-corrected chi connectivity index (χ1v) is 10.7. The number of aromatic amines is 1. The fourth-order valence-electron chi connectivity index (χ4n) is 3.99. The predicted octanol–water partition coefficient (Wildman–Crippen LogP) is 4.94. The third kappa shape index (κ3) is 2.98. The molecular weight excluding hydrogens is 408 g/mol. The molecule has 2 aromatic carbocycles. The van der Waals surface area contributed by atoms with Gasteiger partial charge in [0, 0.05) is 51.2 Å². The maximum Gasteiger partial charge on any atom is 0.265 e. The molecule has 0 saturated carbocycles. The maximum absolute atomic E-state index is 12.9. The molecule has 4 heterocycles. The molecule has 3 N–H and O–H groups in total. The van der Waals surface area contributed by atoms with Crippen molar-refractivity contribution in [2.24, 2.45) is 0 Å². The lowest BCUT2D eigenvalue weighted by Gasteiger charge is -2.05.